The summed E-state index contributed by atoms with van der Waals surface area (Å²) >= 11 is 1.17. The molecule has 4 rings (SSSR count). The Kier molecular flexibility index (Phi) is 4.12. The topological polar surface area (TPSA) is 80.5 Å². The van der Waals surface area contributed by atoms with Crippen LogP contribution in [0.25, 0.3) is 16.7 Å². The molecule has 3 heterocycles. The Balaban J connectivity index is 2.00. The van der Waals surface area contributed by atoms with Gasteiger partial charge in [0.15, 0.2) is 5.82 Å². The highest BCUT2D eigenvalue weighted by atomic mass is 32.2. The van der Waals surface area contributed by atoms with Crippen molar-refractivity contribution in [3.05, 3.63) is 47.6 Å². The Morgan fingerprint density at radius 3 is 2.69 bits per heavy atom. The van der Waals surface area contributed by atoms with Crippen LogP contribution in [0, 0.1) is 0 Å². The molecule has 9 heteroatoms. The standard InChI is InChI=1S/C17H17N5O2S2/c1-3-7-14-19-20-17-16(18-12-8-4-5-9-13(12)22(14)17)21(2)26(23,24)15-10-6-11-25-15/h4-6,8-11H,3,7H2,1-2H3. The van der Waals surface area contributed by atoms with Crippen LogP contribution >= 0.6 is 11.3 Å². The Morgan fingerprint density at radius 2 is 1.96 bits per heavy atom. The largest absolute Gasteiger partial charge is 0.274 e. The van der Waals surface area contributed by atoms with Crippen LogP contribution in [0.4, 0.5) is 5.82 Å². The molecular formula is C17H17N5O2S2. The van der Waals surface area contributed by atoms with Gasteiger partial charge in [-0.15, -0.1) is 21.5 Å². The summed E-state index contributed by atoms with van der Waals surface area (Å²) in [6.07, 6.45) is 1.66. The molecule has 4 aromatic rings. The zero-order valence-electron chi connectivity index (χ0n) is 14.3. The van der Waals surface area contributed by atoms with Crippen molar-refractivity contribution in [3.63, 3.8) is 0 Å². The number of anilines is 1. The lowest BCUT2D eigenvalue weighted by Crippen LogP contribution is -2.27. The van der Waals surface area contributed by atoms with Crippen molar-refractivity contribution in [2.45, 2.75) is 24.0 Å². The summed E-state index contributed by atoms with van der Waals surface area (Å²) < 4.78 is 29.2. The molecule has 0 bridgehead atoms. The molecular weight excluding hydrogens is 370 g/mol. The molecule has 26 heavy (non-hydrogen) atoms. The lowest BCUT2D eigenvalue weighted by atomic mass is 10.2. The summed E-state index contributed by atoms with van der Waals surface area (Å²) in [7, 11) is -2.20. The predicted octanol–water partition coefficient (Wildman–Crippen LogP) is 3.12. The van der Waals surface area contributed by atoms with Crippen LogP contribution in [0.2, 0.25) is 0 Å². The summed E-state index contributed by atoms with van der Waals surface area (Å²) in [4.78, 5) is 4.58. The van der Waals surface area contributed by atoms with Crippen LogP contribution < -0.4 is 4.31 Å². The van der Waals surface area contributed by atoms with E-state index in [9.17, 15) is 8.42 Å². The quantitative estimate of drug-likeness (QED) is 0.526. The first-order chi connectivity index (χ1) is 12.5. The number of aromatic nitrogens is 4. The average Bonchev–Trinajstić information content (AvgIpc) is 3.31. The molecule has 0 fully saturated rings. The highest BCUT2D eigenvalue weighted by Gasteiger charge is 2.27. The van der Waals surface area contributed by atoms with Gasteiger partial charge in [0.05, 0.1) is 11.0 Å². The van der Waals surface area contributed by atoms with E-state index in [0.717, 1.165) is 24.2 Å². The van der Waals surface area contributed by atoms with Gasteiger partial charge < -0.3 is 0 Å². The number of rotatable bonds is 5. The van der Waals surface area contributed by atoms with Crippen LogP contribution in [0.3, 0.4) is 0 Å². The molecule has 0 radical (unpaired) electrons. The molecule has 0 spiro atoms. The molecule has 0 unspecified atom stereocenters. The fourth-order valence-electron chi connectivity index (χ4n) is 2.88. The average molecular weight is 387 g/mol. The number of hydrogen-bond donors (Lipinski definition) is 0. The molecule has 0 saturated heterocycles. The van der Waals surface area contributed by atoms with Crippen molar-refractivity contribution in [1.82, 2.24) is 19.6 Å². The number of para-hydroxylation sites is 2. The second-order valence-corrected chi connectivity index (χ2v) is 9.00. The van der Waals surface area contributed by atoms with Crippen molar-refractivity contribution in [2.24, 2.45) is 0 Å². The minimum absolute atomic E-state index is 0.265. The van der Waals surface area contributed by atoms with Gasteiger partial charge in [-0.2, -0.15) is 0 Å². The zero-order valence-corrected chi connectivity index (χ0v) is 16.0. The number of sulfonamides is 1. The Labute approximate surface area is 155 Å². The third-order valence-electron chi connectivity index (χ3n) is 4.16. The van der Waals surface area contributed by atoms with E-state index in [1.54, 1.807) is 17.5 Å². The van der Waals surface area contributed by atoms with Crippen LogP contribution in [-0.4, -0.2) is 35.0 Å². The summed E-state index contributed by atoms with van der Waals surface area (Å²) in [5.41, 5.74) is 2.00. The van der Waals surface area contributed by atoms with E-state index in [2.05, 4.69) is 22.1 Å². The first-order valence-corrected chi connectivity index (χ1v) is 10.5. The summed E-state index contributed by atoms with van der Waals surface area (Å²) in [5.74, 6) is 1.07. The third-order valence-corrected chi connectivity index (χ3v) is 7.28. The minimum Gasteiger partial charge on any atom is -0.274 e. The van der Waals surface area contributed by atoms with Gasteiger partial charge in [-0.3, -0.25) is 4.40 Å². The normalized spacial score (nSPS) is 12.1. The SMILES string of the molecule is CCCc1nnc2c(N(C)S(=O)(=O)c3cccs3)nc3ccccc3n12. The van der Waals surface area contributed by atoms with E-state index >= 15 is 0 Å². The molecule has 0 aliphatic heterocycles. The van der Waals surface area contributed by atoms with Crippen LogP contribution in [0.5, 0.6) is 0 Å². The summed E-state index contributed by atoms with van der Waals surface area (Å²) in [5, 5.41) is 10.3. The molecule has 7 nitrogen and oxygen atoms in total. The summed E-state index contributed by atoms with van der Waals surface area (Å²) in [6.45, 7) is 2.07. The number of benzene rings is 1. The fraction of sp³-hybridized carbons (Fsp3) is 0.235. The molecule has 0 atom stereocenters. The number of hydrogen-bond acceptors (Lipinski definition) is 6. The second-order valence-electron chi connectivity index (χ2n) is 5.85. The Bertz CT molecular complexity index is 1180. The van der Waals surface area contributed by atoms with Crippen molar-refractivity contribution < 1.29 is 8.42 Å². The summed E-state index contributed by atoms with van der Waals surface area (Å²) in [6, 6.07) is 10.9. The van der Waals surface area contributed by atoms with Gasteiger partial charge in [0.2, 0.25) is 5.65 Å². The first-order valence-electron chi connectivity index (χ1n) is 8.19. The van der Waals surface area contributed by atoms with Gasteiger partial charge in [-0.25, -0.2) is 17.7 Å². The molecule has 1 aromatic carbocycles. The van der Waals surface area contributed by atoms with E-state index in [-0.39, 0.29) is 10.0 Å². The van der Waals surface area contributed by atoms with Crippen LogP contribution in [-0.2, 0) is 16.4 Å². The van der Waals surface area contributed by atoms with Gasteiger partial charge in [-0.05, 0) is 30.0 Å². The molecule has 0 aliphatic rings. The van der Waals surface area contributed by atoms with E-state index in [1.807, 2.05) is 28.7 Å². The van der Waals surface area contributed by atoms with Gasteiger partial charge in [-0.1, -0.05) is 25.1 Å². The molecule has 134 valence electrons. The molecule has 0 saturated carbocycles. The lowest BCUT2D eigenvalue weighted by molar-refractivity contribution is 0.596. The van der Waals surface area contributed by atoms with Crippen molar-refractivity contribution in [2.75, 3.05) is 11.4 Å². The number of aryl methyl sites for hydroxylation is 1. The van der Waals surface area contributed by atoms with Gasteiger partial charge >= 0.3 is 0 Å². The molecule has 3 aromatic heterocycles. The number of fused-ring (bicyclic) bond motifs is 3. The van der Waals surface area contributed by atoms with Crippen molar-refractivity contribution in [3.8, 4) is 0 Å². The maximum Gasteiger partial charge on any atom is 0.274 e. The molecule has 0 N–H and O–H groups in total. The fourth-order valence-corrected chi connectivity index (χ4v) is 5.19. The molecule has 0 aliphatic carbocycles. The Hall–Kier alpha value is -2.52. The van der Waals surface area contributed by atoms with E-state index in [0.29, 0.717) is 11.2 Å². The van der Waals surface area contributed by atoms with Crippen LogP contribution in [0.15, 0.2) is 46.0 Å². The number of nitrogens with zero attached hydrogens (tertiary/aromatic N) is 5. The van der Waals surface area contributed by atoms with E-state index < -0.39 is 10.0 Å². The maximum atomic E-state index is 12.9. The lowest BCUT2D eigenvalue weighted by Gasteiger charge is -2.18. The first kappa shape index (κ1) is 16.9. The van der Waals surface area contributed by atoms with E-state index in [4.69, 9.17) is 0 Å². The van der Waals surface area contributed by atoms with Gasteiger partial charge in [0.1, 0.15) is 10.0 Å². The van der Waals surface area contributed by atoms with Crippen molar-refractivity contribution in [1.29, 1.82) is 0 Å². The smallest absolute Gasteiger partial charge is 0.274 e. The van der Waals surface area contributed by atoms with E-state index in [1.165, 1.54) is 22.7 Å². The highest BCUT2D eigenvalue weighted by molar-refractivity contribution is 7.94. The molecule has 0 amide bonds. The Morgan fingerprint density at radius 1 is 1.15 bits per heavy atom. The predicted molar refractivity (Wildman–Crippen MR) is 102 cm³/mol. The monoisotopic (exact) mass is 387 g/mol. The van der Waals surface area contributed by atoms with Crippen LogP contribution in [0.1, 0.15) is 19.2 Å². The second kappa shape index (κ2) is 6.33. The highest BCUT2D eigenvalue weighted by Crippen LogP contribution is 2.29. The van der Waals surface area contributed by atoms with Gasteiger partial charge in [0, 0.05) is 13.5 Å². The zero-order chi connectivity index (χ0) is 18.3. The third kappa shape index (κ3) is 2.55. The minimum atomic E-state index is -3.70. The van der Waals surface area contributed by atoms with Gasteiger partial charge in [0.25, 0.3) is 10.0 Å². The van der Waals surface area contributed by atoms with Crippen molar-refractivity contribution >= 4 is 43.9 Å². The number of thiophene rings is 1. The maximum absolute atomic E-state index is 12.9.